The quantitative estimate of drug-likeness (QED) is 0.0846. The number of benzene rings is 3. The van der Waals surface area contributed by atoms with Crippen molar-refractivity contribution in [3.8, 4) is 0 Å². The molecule has 0 aliphatic heterocycles. The van der Waals surface area contributed by atoms with Gasteiger partial charge < -0.3 is 10.2 Å². The molecule has 0 heterocycles. The van der Waals surface area contributed by atoms with E-state index in [1.807, 2.05) is 0 Å². The van der Waals surface area contributed by atoms with Gasteiger partial charge >= 0.3 is 22.8 Å². The molecule has 12 fully saturated rings. The zero-order chi connectivity index (χ0) is 71.5. The fourth-order valence-electron chi connectivity index (χ4n) is 24.1. The van der Waals surface area contributed by atoms with Crippen molar-refractivity contribution in [2.45, 2.75) is 253 Å². The standard InChI is InChI=1S/2C26H36O.C20H30O.C7H7FO2S.2CHFO2S.3CH4.BFS/c2*1-3-19-10-12-24-23-11-9-18-17-26(27,20-7-5-4-6-8-20)16-14-21(18)22(23)13-15-25(19,24)2;1-3-14-5-9-19-18-7-4-13-12-15(21)6-8-16(13)17(18)10-11-20(14,19)2;8-6-11(9,10)7-4-2-1-3-5-7;2*2-1-5(3)4;;;;2-1-3/h2*3-8,18,21-24,27H,9-17H2,1-2H3;3,13,16-19H,4-12H2,1-2H3;1-5H,6H2;2*1H;3*1H4;/t18-,21-,22+,23+,24-,25+,26+;18-,21-,22+,23+,24-,25+,26-;13-,16-,17+,18+,19-,20+;;;;;;;/m000......./s1. The summed E-state index contributed by atoms with van der Waals surface area (Å²) >= 11 is 3.60. The van der Waals surface area contributed by atoms with Crippen molar-refractivity contribution in [1.29, 1.82) is 0 Å². The Morgan fingerprint density at radius 1 is 0.471 bits per heavy atom. The number of sulfone groups is 1. The number of ketones is 1. The first kappa shape index (κ1) is 86.7. The summed E-state index contributed by atoms with van der Waals surface area (Å²) in [5, 5.41) is 22.9. The van der Waals surface area contributed by atoms with E-state index in [0.717, 1.165) is 138 Å². The van der Waals surface area contributed by atoms with Crippen LogP contribution in [-0.2, 0) is 46.4 Å². The van der Waals surface area contributed by atoms with E-state index in [-0.39, 0.29) is 33.6 Å². The Morgan fingerprint density at radius 3 is 1.09 bits per heavy atom. The van der Waals surface area contributed by atoms with Crippen LogP contribution in [0.4, 0.5) is 17.5 Å². The zero-order valence-electron chi connectivity index (χ0n) is 59.5. The van der Waals surface area contributed by atoms with E-state index < -0.39 is 58.9 Å². The van der Waals surface area contributed by atoms with Gasteiger partial charge in [0.1, 0.15) is 5.78 Å². The number of rotatable bonds is 4. The Kier molecular flexibility index (Phi) is 32.4. The summed E-state index contributed by atoms with van der Waals surface area (Å²) in [6, 6.07) is 27.2. The normalized spacial score (nSPS) is 37.9. The first-order valence-electron chi connectivity index (χ1n) is 37.3. The van der Waals surface area contributed by atoms with E-state index in [2.05, 4.69) is 132 Å². The second kappa shape index (κ2) is 38.1. The Bertz CT molecular complexity index is 3550. The number of alkyl halides is 1. The topological polar surface area (TPSA) is 160 Å². The van der Waals surface area contributed by atoms with Gasteiger partial charge in [-0.1, -0.05) is 157 Å². The smallest absolute Gasteiger partial charge is 0.233 e. The molecule has 15 rings (SSSR count). The Labute approximate surface area is 621 Å². The number of Topliss-reactive ketones (excluding diaryl/α,β-unsaturated/α-hetero) is 1. The number of carbonyl (C=O) groups excluding carboxylic acids is 1. The minimum Gasteiger partial charge on any atom is -0.233 e. The van der Waals surface area contributed by atoms with Gasteiger partial charge in [-0.05, 0) is 310 Å². The van der Waals surface area contributed by atoms with E-state index in [1.54, 1.807) is 34.9 Å². The van der Waals surface area contributed by atoms with Crippen LogP contribution in [0.3, 0.4) is 0 Å². The van der Waals surface area contributed by atoms with Gasteiger partial charge in [-0.3, -0.25) is 4.79 Å². The van der Waals surface area contributed by atoms with E-state index in [0.29, 0.717) is 22.0 Å². The molecule has 0 bridgehead atoms. The first-order valence-corrected chi connectivity index (χ1v) is 41.7. The second-order valence-electron chi connectivity index (χ2n) is 32.1. The van der Waals surface area contributed by atoms with Crippen LogP contribution >= 0.6 is 12.1 Å². The molecule has 0 saturated heterocycles. The Hall–Kier alpha value is -4.20. The molecule has 9 nitrogen and oxygen atoms in total. The molecule has 102 heavy (non-hydrogen) atoms. The molecule has 0 aromatic heterocycles. The van der Waals surface area contributed by atoms with Gasteiger partial charge in [-0.2, -0.15) is 25.6 Å². The summed E-state index contributed by atoms with van der Waals surface area (Å²) in [6.07, 6.45) is 41.9. The largest absolute Gasteiger partial charge is 0.242 e. The second-order valence-corrected chi connectivity index (χ2v) is 35.6. The first-order chi connectivity index (χ1) is 47.4. The fourth-order valence-corrected chi connectivity index (χ4v) is 24.8. The molecule has 20 atom stereocenters. The van der Waals surface area contributed by atoms with Crippen molar-refractivity contribution in [1.82, 2.24) is 0 Å². The predicted molar refractivity (Wildman–Crippen MR) is 415 cm³/mol. The maximum atomic E-state index is 11.9. The predicted octanol–water partition coefficient (Wildman–Crippen LogP) is 21.3. The minimum atomic E-state index is -3.66. The number of aliphatic hydroxyl groups is 2. The van der Waals surface area contributed by atoms with Crippen LogP contribution in [0.25, 0.3) is 0 Å². The van der Waals surface area contributed by atoms with Crippen LogP contribution in [0.5, 0.6) is 0 Å². The average molecular weight is 1490 g/mol. The van der Waals surface area contributed by atoms with E-state index in [1.165, 1.54) is 147 Å². The van der Waals surface area contributed by atoms with Crippen molar-refractivity contribution >= 4 is 65.9 Å². The maximum Gasteiger partial charge on any atom is 0.242 e. The summed E-state index contributed by atoms with van der Waals surface area (Å²) in [7, 11) is -8.89. The van der Waals surface area contributed by atoms with Crippen molar-refractivity contribution in [3.63, 3.8) is 0 Å². The number of halogens is 4. The molecule has 2 N–H and O–H groups in total. The van der Waals surface area contributed by atoms with E-state index >= 15 is 0 Å². The van der Waals surface area contributed by atoms with E-state index in [4.69, 9.17) is 16.8 Å². The van der Waals surface area contributed by atoms with Gasteiger partial charge in [0.05, 0.1) is 16.1 Å². The molecular formula is C84H123BF4O9S4. The van der Waals surface area contributed by atoms with Crippen molar-refractivity contribution in [2.24, 2.45) is 105 Å². The molecule has 18 heteroatoms. The average Bonchev–Trinajstić information content (AvgIpc) is 1.44. The van der Waals surface area contributed by atoms with Gasteiger partial charge in [0, 0.05) is 12.8 Å². The number of allylic oxidation sites excluding steroid dienone is 6. The molecule has 0 spiro atoms. The van der Waals surface area contributed by atoms with Crippen LogP contribution < -0.4 is 0 Å². The van der Waals surface area contributed by atoms with Crippen LogP contribution in [0.15, 0.2) is 131 Å². The summed E-state index contributed by atoms with van der Waals surface area (Å²) in [5.74, 6) is 13.9. The monoisotopic (exact) mass is 1490 g/mol. The molecule has 0 unspecified atom stereocenters. The summed E-state index contributed by atoms with van der Waals surface area (Å²) in [5.41, 5.74) is 7.11. The third-order valence-corrected chi connectivity index (χ3v) is 30.0. The number of fused-ring (bicyclic) bond motifs is 15. The third-order valence-electron chi connectivity index (χ3n) is 28.4. The van der Waals surface area contributed by atoms with Crippen molar-refractivity contribution in [2.75, 3.05) is 6.01 Å². The van der Waals surface area contributed by atoms with Gasteiger partial charge in [0.25, 0.3) is 0 Å². The number of carbonyl (C=O) groups is 1. The van der Waals surface area contributed by atoms with Crippen LogP contribution in [0.1, 0.15) is 248 Å². The third kappa shape index (κ3) is 18.8. The molecule has 12 aliphatic rings. The molecule has 568 valence electrons. The summed E-state index contributed by atoms with van der Waals surface area (Å²) in [6.45, 7) is 14.5. The molecule has 0 amide bonds. The SMILES string of the molecule is C.C.C.CC=C1CC[C@H]2[C@@H]3CC[C@H]4CC(=O)CC[C@@H]4[C@H]3CC[C@]12C.CC=C1CC[C@H]2[C@@H]3CC[C@H]4C[C@@](O)(c5ccccc5)CC[C@@H]4[C@H]3CC[C@]12C.CC=C1CC[C@H]2[C@@H]3CC[C@H]4C[C@](O)(c5ccccc5)CC[C@@H]4[C@H]3CC[C@]12C.FB=S.O=S(=O)(CF)c1ccccc1.O=S(=O)=CF.O=S(=O)=CF. The summed E-state index contributed by atoms with van der Waals surface area (Å²) in [4.78, 5) is 11.8. The van der Waals surface area contributed by atoms with Gasteiger partial charge in [0.15, 0.2) is 6.01 Å². The van der Waals surface area contributed by atoms with Crippen LogP contribution in [-0.4, -0.2) is 64.9 Å². The fraction of sp³-hybridized carbons (Fsp3) is 0.679. The molecular weight excluding hydrogens is 1370 g/mol. The maximum absolute atomic E-state index is 11.9. The minimum absolute atomic E-state index is 0. The van der Waals surface area contributed by atoms with Gasteiger partial charge in [-0.15, -0.1) is 0 Å². The molecule has 3 aromatic rings. The molecule has 12 saturated carbocycles. The Balaban J connectivity index is 0.000000206. The van der Waals surface area contributed by atoms with E-state index in [9.17, 15) is 40.9 Å². The molecule has 3 aromatic carbocycles. The van der Waals surface area contributed by atoms with Crippen LogP contribution in [0, 0.1) is 105 Å². The van der Waals surface area contributed by atoms with Crippen molar-refractivity contribution in [3.05, 3.63) is 137 Å². The van der Waals surface area contributed by atoms with Gasteiger partial charge in [-0.25, -0.2) is 12.8 Å². The molecule has 12 aliphatic carbocycles. The van der Waals surface area contributed by atoms with Gasteiger partial charge in [0.2, 0.25) is 41.7 Å². The summed E-state index contributed by atoms with van der Waals surface area (Å²) < 4.78 is 100. The number of hydrogen-bond acceptors (Lipinski definition) is 10. The number of hydrogen-bond donors (Lipinski definition) is 2. The molecule has 0 radical (unpaired) electrons. The zero-order valence-corrected chi connectivity index (χ0v) is 62.7. The van der Waals surface area contributed by atoms with Crippen LogP contribution in [0.2, 0.25) is 0 Å². The Morgan fingerprint density at radius 2 is 0.775 bits per heavy atom. The van der Waals surface area contributed by atoms with Crippen molar-refractivity contribution < 1.29 is 57.7 Å².